The second-order valence-corrected chi connectivity index (χ2v) is 10.6. The fourth-order valence-electron chi connectivity index (χ4n) is 4.04. The number of hydrogen-bond donors (Lipinski definition) is 1. The van der Waals surface area contributed by atoms with Gasteiger partial charge < -0.3 is 24.1 Å². The van der Waals surface area contributed by atoms with Crippen molar-refractivity contribution in [3.63, 3.8) is 0 Å². The lowest BCUT2D eigenvalue weighted by molar-refractivity contribution is 0.142. The van der Waals surface area contributed by atoms with Gasteiger partial charge in [-0.05, 0) is 24.6 Å². The Morgan fingerprint density at radius 3 is 2.71 bits per heavy atom. The smallest absolute Gasteiger partial charge is 0.407 e. The van der Waals surface area contributed by atoms with Gasteiger partial charge in [0.25, 0.3) is 0 Å². The number of sulfone groups is 1. The van der Waals surface area contributed by atoms with Gasteiger partial charge in [0.05, 0.1) is 23.9 Å². The molecule has 4 aromatic heterocycles. The molecule has 0 aliphatic carbocycles. The van der Waals surface area contributed by atoms with E-state index in [2.05, 4.69) is 20.0 Å². The molecule has 1 fully saturated rings. The molecule has 35 heavy (non-hydrogen) atoms. The van der Waals surface area contributed by atoms with Crippen molar-refractivity contribution < 1.29 is 27.5 Å². The molecule has 1 N–H and O–H groups in total. The molecule has 0 saturated carbocycles. The third kappa shape index (κ3) is 4.85. The number of ether oxygens (including phenoxy) is 1. The van der Waals surface area contributed by atoms with E-state index in [1.165, 1.54) is 11.2 Å². The summed E-state index contributed by atoms with van der Waals surface area (Å²) in [6.45, 7) is 2.11. The topological polar surface area (TPSA) is 143 Å². The SMILES string of the molecule is CS(=O)(=O)CCCOc1ccc2ncc(-c3cc4c(N5CCN(C(=O)O)CC5)nccc4o3)n2n1. The number of fused-ring (bicyclic) bond motifs is 2. The van der Waals surface area contributed by atoms with Crippen LogP contribution in [0, 0.1) is 0 Å². The summed E-state index contributed by atoms with van der Waals surface area (Å²) in [6.07, 6.45) is 3.98. The molecule has 1 amide bonds. The molecule has 0 aromatic carbocycles. The number of amides is 1. The predicted molar refractivity (Wildman–Crippen MR) is 128 cm³/mol. The Morgan fingerprint density at radius 2 is 1.97 bits per heavy atom. The van der Waals surface area contributed by atoms with E-state index in [0.717, 1.165) is 11.2 Å². The summed E-state index contributed by atoms with van der Waals surface area (Å²) >= 11 is 0. The van der Waals surface area contributed by atoms with Crippen LogP contribution < -0.4 is 9.64 Å². The van der Waals surface area contributed by atoms with E-state index in [1.54, 1.807) is 35.1 Å². The van der Waals surface area contributed by atoms with Crippen LogP contribution in [0.2, 0.25) is 0 Å². The minimum atomic E-state index is -3.04. The van der Waals surface area contributed by atoms with Crippen molar-refractivity contribution in [2.45, 2.75) is 6.42 Å². The maximum atomic E-state index is 11.3. The molecule has 12 nitrogen and oxygen atoms in total. The van der Waals surface area contributed by atoms with E-state index < -0.39 is 15.9 Å². The van der Waals surface area contributed by atoms with Gasteiger partial charge in [-0.1, -0.05) is 0 Å². The first-order chi connectivity index (χ1) is 16.8. The minimum absolute atomic E-state index is 0.0479. The zero-order valence-corrected chi connectivity index (χ0v) is 19.8. The highest BCUT2D eigenvalue weighted by atomic mass is 32.2. The highest BCUT2D eigenvalue weighted by Crippen LogP contribution is 2.33. The quantitative estimate of drug-likeness (QED) is 0.375. The zero-order chi connectivity index (χ0) is 24.6. The zero-order valence-electron chi connectivity index (χ0n) is 19.0. The summed E-state index contributed by atoms with van der Waals surface area (Å²) in [6, 6.07) is 7.11. The average Bonchev–Trinajstić information content (AvgIpc) is 3.45. The van der Waals surface area contributed by atoms with Gasteiger partial charge in [-0.2, -0.15) is 0 Å². The molecule has 4 aromatic rings. The molecule has 13 heteroatoms. The van der Waals surface area contributed by atoms with Crippen molar-refractivity contribution in [2.24, 2.45) is 0 Å². The number of furan rings is 1. The van der Waals surface area contributed by atoms with E-state index in [1.807, 2.05) is 6.07 Å². The highest BCUT2D eigenvalue weighted by molar-refractivity contribution is 7.90. The molecule has 1 saturated heterocycles. The summed E-state index contributed by atoms with van der Waals surface area (Å²) in [4.78, 5) is 23.6. The molecular formula is C22H24N6O6S. The first-order valence-electron chi connectivity index (χ1n) is 11.1. The molecule has 5 rings (SSSR count). The van der Waals surface area contributed by atoms with Crippen molar-refractivity contribution in [3.05, 3.63) is 36.7 Å². The van der Waals surface area contributed by atoms with E-state index in [0.29, 0.717) is 61.2 Å². The number of nitrogens with zero attached hydrogens (tertiary/aromatic N) is 6. The lowest BCUT2D eigenvalue weighted by Crippen LogP contribution is -2.48. The monoisotopic (exact) mass is 500 g/mol. The Morgan fingerprint density at radius 1 is 1.17 bits per heavy atom. The van der Waals surface area contributed by atoms with Crippen molar-refractivity contribution in [1.29, 1.82) is 0 Å². The Balaban J connectivity index is 1.40. The van der Waals surface area contributed by atoms with Crippen LogP contribution in [-0.4, -0.2) is 88.9 Å². The molecule has 0 unspecified atom stereocenters. The molecule has 184 valence electrons. The molecule has 0 radical (unpaired) electrons. The van der Waals surface area contributed by atoms with Gasteiger partial charge in [-0.25, -0.2) is 27.7 Å². The van der Waals surface area contributed by atoms with Crippen molar-refractivity contribution in [1.82, 2.24) is 24.5 Å². The van der Waals surface area contributed by atoms with Crippen LogP contribution in [0.15, 0.2) is 41.1 Å². The molecule has 0 spiro atoms. The summed E-state index contributed by atoms with van der Waals surface area (Å²) in [5, 5.41) is 14.5. The van der Waals surface area contributed by atoms with Gasteiger partial charge >= 0.3 is 6.09 Å². The van der Waals surface area contributed by atoms with E-state index in [-0.39, 0.29) is 12.4 Å². The summed E-state index contributed by atoms with van der Waals surface area (Å²) in [7, 11) is -3.04. The largest absolute Gasteiger partial charge is 0.477 e. The Labute approximate surface area is 200 Å². The van der Waals surface area contributed by atoms with Gasteiger partial charge in [0, 0.05) is 44.7 Å². The third-order valence-electron chi connectivity index (χ3n) is 5.77. The lowest BCUT2D eigenvalue weighted by Gasteiger charge is -2.34. The lowest BCUT2D eigenvalue weighted by atomic mass is 10.2. The van der Waals surface area contributed by atoms with E-state index in [9.17, 15) is 18.3 Å². The van der Waals surface area contributed by atoms with Crippen LogP contribution in [0.25, 0.3) is 28.1 Å². The number of piperazine rings is 1. The number of anilines is 1. The molecule has 5 heterocycles. The minimum Gasteiger partial charge on any atom is -0.477 e. The molecule has 0 atom stereocenters. The van der Waals surface area contributed by atoms with Crippen LogP contribution in [0.4, 0.5) is 10.6 Å². The van der Waals surface area contributed by atoms with E-state index >= 15 is 0 Å². The number of pyridine rings is 1. The second kappa shape index (κ2) is 9.06. The maximum absolute atomic E-state index is 11.3. The second-order valence-electron chi connectivity index (χ2n) is 8.33. The van der Waals surface area contributed by atoms with Gasteiger partial charge in [-0.3, -0.25) is 0 Å². The molecule has 1 aliphatic heterocycles. The molecule has 0 bridgehead atoms. The fraction of sp³-hybridized carbons (Fsp3) is 0.364. The van der Waals surface area contributed by atoms with Crippen LogP contribution >= 0.6 is 0 Å². The predicted octanol–water partition coefficient (Wildman–Crippen LogP) is 2.15. The summed E-state index contributed by atoms with van der Waals surface area (Å²) in [5.41, 5.74) is 1.88. The Hall–Kier alpha value is -3.87. The average molecular weight is 501 g/mol. The van der Waals surface area contributed by atoms with Gasteiger partial charge in [0.2, 0.25) is 5.88 Å². The number of hydrogen-bond acceptors (Lipinski definition) is 9. The number of imidazole rings is 1. The van der Waals surface area contributed by atoms with Crippen LogP contribution in [0.3, 0.4) is 0 Å². The first kappa shape index (κ1) is 22.9. The normalized spacial score (nSPS) is 14.7. The van der Waals surface area contributed by atoms with Crippen LogP contribution in [0.1, 0.15) is 6.42 Å². The van der Waals surface area contributed by atoms with Gasteiger partial charge in [0.15, 0.2) is 11.4 Å². The number of rotatable bonds is 7. The summed E-state index contributed by atoms with van der Waals surface area (Å²) in [5.74, 6) is 1.68. The van der Waals surface area contributed by atoms with Gasteiger partial charge in [-0.15, -0.1) is 5.10 Å². The first-order valence-corrected chi connectivity index (χ1v) is 13.1. The third-order valence-corrected chi connectivity index (χ3v) is 6.80. The number of carbonyl (C=O) groups is 1. The van der Waals surface area contributed by atoms with Crippen LogP contribution in [-0.2, 0) is 9.84 Å². The molecule has 1 aliphatic rings. The van der Waals surface area contributed by atoms with Crippen molar-refractivity contribution in [3.8, 4) is 17.3 Å². The standard InChI is InChI=1S/C22H24N6O6S/c1-35(31,32)12-2-11-33-20-4-3-19-24-14-16(28(19)25-20)18-13-15-17(34-18)5-6-23-21(15)26-7-9-27(10-8-26)22(29)30/h3-6,13-14H,2,7-12H2,1H3,(H,29,30). The number of carboxylic acid groups (broad SMARTS) is 1. The van der Waals surface area contributed by atoms with Gasteiger partial charge in [0.1, 0.15) is 26.9 Å². The fourth-order valence-corrected chi connectivity index (χ4v) is 4.68. The number of aromatic nitrogens is 4. The van der Waals surface area contributed by atoms with E-state index in [4.69, 9.17) is 9.15 Å². The van der Waals surface area contributed by atoms with Crippen LogP contribution in [0.5, 0.6) is 5.88 Å². The summed E-state index contributed by atoms with van der Waals surface area (Å²) < 4.78 is 36.0. The van der Waals surface area contributed by atoms with Crippen molar-refractivity contribution in [2.75, 3.05) is 49.7 Å². The Kier molecular flexibility index (Phi) is 5.93. The Bertz CT molecular complexity index is 1490. The maximum Gasteiger partial charge on any atom is 0.407 e. The highest BCUT2D eigenvalue weighted by Gasteiger charge is 2.24. The molecular weight excluding hydrogens is 476 g/mol. The van der Waals surface area contributed by atoms with Crippen molar-refractivity contribution >= 4 is 38.4 Å².